The molecule has 1 amide bonds. The summed E-state index contributed by atoms with van der Waals surface area (Å²) in [5.74, 6) is -4.14. The van der Waals surface area contributed by atoms with E-state index in [1.54, 1.807) is 52.8 Å². The average molecular weight is 691 g/mol. The summed E-state index contributed by atoms with van der Waals surface area (Å²) in [6.45, 7) is 10.3. The van der Waals surface area contributed by atoms with Gasteiger partial charge < -0.3 is 10.5 Å². The summed E-state index contributed by atoms with van der Waals surface area (Å²) >= 11 is 0. The number of aromatic nitrogens is 2. The Morgan fingerprint density at radius 3 is 2.16 bits per heavy atom. The number of ether oxygens (including phenoxy) is 1. The number of nitrogens with zero attached hydrogens (tertiary/aromatic N) is 3. The van der Waals surface area contributed by atoms with E-state index < -0.39 is 47.2 Å². The van der Waals surface area contributed by atoms with Gasteiger partial charge in [0.1, 0.15) is 18.0 Å². The first-order valence-electron chi connectivity index (χ1n) is 16.4. The lowest BCUT2D eigenvalue weighted by atomic mass is 9.82. The zero-order valence-electron chi connectivity index (χ0n) is 28.4. The van der Waals surface area contributed by atoms with Gasteiger partial charge in [-0.05, 0) is 92.0 Å². The molecule has 2 atom stereocenters. The predicted molar refractivity (Wildman–Crippen MR) is 175 cm³/mol. The highest BCUT2D eigenvalue weighted by molar-refractivity contribution is 5.80. The summed E-state index contributed by atoms with van der Waals surface area (Å²) in [4.78, 5) is 38.3. The molecule has 1 saturated heterocycles. The van der Waals surface area contributed by atoms with Crippen molar-refractivity contribution in [2.75, 3.05) is 26.2 Å². The van der Waals surface area contributed by atoms with Crippen molar-refractivity contribution >= 4 is 11.9 Å². The fourth-order valence-corrected chi connectivity index (χ4v) is 6.35. The van der Waals surface area contributed by atoms with Crippen LogP contribution in [-0.2, 0) is 26.9 Å². The molecule has 1 aliphatic heterocycles. The molecule has 2 N–H and O–H groups in total. The van der Waals surface area contributed by atoms with Gasteiger partial charge in [-0.25, -0.2) is 13.5 Å². The van der Waals surface area contributed by atoms with Gasteiger partial charge in [-0.15, -0.1) is 0 Å². The number of carbonyl (C=O) groups excluding carboxylic acids is 2. The molecule has 266 valence electrons. The van der Waals surface area contributed by atoms with Crippen LogP contribution in [0.15, 0.2) is 41.2 Å². The molecule has 2 heterocycles. The van der Waals surface area contributed by atoms with E-state index in [2.05, 4.69) is 9.84 Å². The number of esters is 1. The molecule has 2 aromatic carbocycles. The lowest BCUT2D eigenvalue weighted by Crippen LogP contribution is -2.49. The van der Waals surface area contributed by atoms with Crippen LogP contribution in [0.2, 0.25) is 0 Å². The number of primary amides is 1. The second kappa shape index (κ2) is 15.6. The van der Waals surface area contributed by atoms with Crippen molar-refractivity contribution in [1.29, 1.82) is 0 Å². The molecule has 13 heteroatoms. The molecule has 1 aliphatic carbocycles. The molecule has 2 fully saturated rings. The van der Waals surface area contributed by atoms with Gasteiger partial charge in [0.05, 0.1) is 17.9 Å². The molecule has 49 heavy (non-hydrogen) atoms. The van der Waals surface area contributed by atoms with E-state index in [1.165, 1.54) is 12.1 Å². The fourth-order valence-electron chi connectivity index (χ4n) is 6.35. The van der Waals surface area contributed by atoms with Crippen molar-refractivity contribution in [3.63, 3.8) is 0 Å². The minimum absolute atomic E-state index is 0.123. The zero-order chi connectivity index (χ0) is 36.2. The monoisotopic (exact) mass is 690 g/mol. The minimum atomic E-state index is -5.01. The van der Waals surface area contributed by atoms with Gasteiger partial charge in [0.2, 0.25) is 5.91 Å². The Balaban J connectivity index is 0.000000698. The standard InChI is InChI=1S/C31H33F5N4O2.C5H10O2/c1-16-5-4-6-17(2)26(16)20-12-22(28(33)23(13-20)31(34,35)36)27(19-7-8-19)29(30(37)42)40-25(41)11-18(3)24(38-40)9-10-39-14-21(32)15-39;1-3-5(6)7-4-2/h4-6,11-13,19,21,27,29H,7-10,14-15H2,1-3H3,(H2,37,42);3-4H2,1-2H3. The Kier molecular flexibility index (Phi) is 12.0. The summed E-state index contributed by atoms with van der Waals surface area (Å²) in [6, 6.07) is 7.22. The number of aryl methyl sites for hydroxylation is 3. The molecular formula is C36H43F5N4O4. The number of amides is 1. The van der Waals surface area contributed by atoms with Gasteiger partial charge in [-0.2, -0.15) is 18.3 Å². The lowest BCUT2D eigenvalue weighted by molar-refractivity contribution is -0.143. The third-order valence-electron chi connectivity index (χ3n) is 8.98. The molecule has 0 radical (unpaired) electrons. The second-order valence-electron chi connectivity index (χ2n) is 12.7. The van der Waals surface area contributed by atoms with Crippen LogP contribution in [0.5, 0.6) is 0 Å². The topological polar surface area (TPSA) is 108 Å². The predicted octanol–water partition coefficient (Wildman–Crippen LogP) is 6.37. The summed E-state index contributed by atoms with van der Waals surface area (Å²) in [7, 11) is 0. The highest BCUT2D eigenvalue weighted by atomic mass is 19.4. The van der Waals surface area contributed by atoms with E-state index in [9.17, 15) is 31.9 Å². The van der Waals surface area contributed by atoms with Gasteiger partial charge >= 0.3 is 12.1 Å². The number of rotatable bonds is 11. The van der Waals surface area contributed by atoms with Crippen molar-refractivity contribution in [1.82, 2.24) is 14.7 Å². The van der Waals surface area contributed by atoms with Crippen LogP contribution in [-0.4, -0.2) is 59.0 Å². The zero-order valence-corrected chi connectivity index (χ0v) is 28.4. The van der Waals surface area contributed by atoms with E-state index in [0.29, 0.717) is 79.9 Å². The molecule has 2 unspecified atom stereocenters. The maximum Gasteiger partial charge on any atom is 0.419 e. The SMILES string of the molecule is CCOC(=O)CC.Cc1cc(=O)n(C(C(N)=O)C(c2cc(-c3c(C)cccc3C)cc(C(F)(F)F)c2F)C2CC2)nc1CCN1CC(F)C1. The van der Waals surface area contributed by atoms with E-state index >= 15 is 4.39 Å². The number of carbonyl (C=O) groups is 2. The normalized spacial score (nSPS) is 16.3. The second-order valence-corrected chi connectivity index (χ2v) is 12.7. The third-order valence-corrected chi connectivity index (χ3v) is 8.98. The van der Waals surface area contributed by atoms with Crippen LogP contribution in [0.1, 0.15) is 78.6 Å². The molecule has 1 saturated carbocycles. The van der Waals surface area contributed by atoms with Crippen molar-refractivity contribution in [3.8, 4) is 11.1 Å². The number of likely N-dealkylation sites (tertiary alicyclic amines) is 1. The Morgan fingerprint density at radius 2 is 1.67 bits per heavy atom. The van der Waals surface area contributed by atoms with Gasteiger partial charge in [0.25, 0.3) is 5.56 Å². The van der Waals surface area contributed by atoms with Crippen molar-refractivity contribution in [3.05, 3.63) is 86.1 Å². The first kappa shape index (κ1) is 37.7. The van der Waals surface area contributed by atoms with Crippen LogP contribution in [0.25, 0.3) is 11.1 Å². The first-order chi connectivity index (χ1) is 23.1. The highest BCUT2D eigenvalue weighted by Gasteiger charge is 2.46. The molecule has 5 rings (SSSR count). The van der Waals surface area contributed by atoms with E-state index in [-0.39, 0.29) is 23.0 Å². The first-order valence-corrected chi connectivity index (χ1v) is 16.4. The van der Waals surface area contributed by atoms with Crippen molar-refractivity contribution in [2.24, 2.45) is 11.7 Å². The molecule has 1 aromatic heterocycles. The average Bonchev–Trinajstić information content (AvgIpc) is 3.84. The van der Waals surface area contributed by atoms with E-state index in [0.717, 1.165) is 10.7 Å². The molecule has 8 nitrogen and oxygen atoms in total. The molecule has 3 aromatic rings. The number of nitrogens with two attached hydrogens (primary N) is 1. The summed E-state index contributed by atoms with van der Waals surface area (Å²) in [5, 5.41) is 4.45. The third kappa shape index (κ3) is 8.92. The van der Waals surface area contributed by atoms with Gasteiger partial charge in [-0.3, -0.25) is 19.3 Å². The van der Waals surface area contributed by atoms with Crippen LogP contribution >= 0.6 is 0 Å². The van der Waals surface area contributed by atoms with E-state index in [4.69, 9.17) is 5.73 Å². The van der Waals surface area contributed by atoms with Crippen LogP contribution in [0, 0.1) is 32.5 Å². The maximum atomic E-state index is 16.0. The lowest BCUT2D eigenvalue weighted by Gasteiger charge is -2.34. The van der Waals surface area contributed by atoms with Gasteiger partial charge in [0.15, 0.2) is 0 Å². The van der Waals surface area contributed by atoms with Crippen LogP contribution < -0.4 is 11.3 Å². The fraction of sp³-hybridized carbons (Fsp3) is 0.500. The minimum Gasteiger partial charge on any atom is -0.466 e. The van der Waals surface area contributed by atoms with E-state index in [1.807, 2.05) is 4.90 Å². The summed E-state index contributed by atoms with van der Waals surface area (Å²) < 4.78 is 77.4. The number of halogens is 5. The summed E-state index contributed by atoms with van der Waals surface area (Å²) in [5.41, 5.74) is 6.54. The van der Waals surface area contributed by atoms with Gasteiger partial charge in [0, 0.05) is 44.5 Å². The number of alkyl halides is 4. The number of hydrogen-bond acceptors (Lipinski definition) is 6. The Hall–Kier alpha value is -4.13. The van der Waals surface area contributed by atoms with Crippen LogP contribution in [0.4, 0.5) is 22.0 Å². The smallest absolute Gasteiger partial charge is 0.419 e. The highest BCUT2D eigenvalue weighted by Crippen LogP contribution is 2.51. The summed E-state index contributed by atoms with van der Waals surface area (Å²) in [6.07, 6.45) is -4.02. The van der Waals surface area contributed by atoms with Crippen LogP contribution in [0.3, 0.4) is 0 Å². The number of hydrogen-bond donors (Lipinski definition) is 1. The molecular weight excluding hydrogens is 647 g/mol. The Morgan fingerprint density at radius 1 is 1.04 bits per heavy atom. The molecule has 2 aliphatic rings. The Labute approximate surface area is 282 Å². The van der Waals surface area contributed by atoms with Crippen molar-refractivity contribution in [2.45, 2.75) is 84.6 Å². The van der Waals surface area contributed by atoms with Gasteiger partial charge in [-0.1, -0.05) is 25.1 Å². The quantitative estimate of drug-likeness (QED) is 0.185. The maximum absolute atomic E-state index is 16.0. The molecule has 0 bridgehead atoms. The van der Waals surface area contributed by atoms with Crippen molar-refractivity contribution < 1.29 is 36.3 Å². The largest absolute Gasteiger partial charge is 0.466 e. The number of benzene rings is 2. The Bertz CT molecular complexity index is 1710. The molecule has 0 spiro atoms.